The number of imide groups is 1. The normalized spacial score (nSPS) is 14.3. The molecule has 1 saturated heterocycles. The van der Waals surface area contributed by atoms with Gasteiger partial charge in [-0.25, -0.2) is 0 Å². The number of carbonyl (C=O) groups excluding carboxylic acids is 3. The molecule has 1 N–H and O–H groups in total. The van der Waals surface area contributed by atoms with Gasteiger partial charge in [0.25, 0.3) is 11.1 Å². The van der Waals surface area contributed by atoms with E-state index in [9.17, 15) is 14.4 Å². The van der Waals surface area contributed by atoms with Crippen LogP contribution in [-0.4, -0.2) is 35.6 Å². The van der Waals surface area contributed by atoms with Gasteiger partial charge in [0.2, 0.25) is 5.91 Å². The van der Waals surface area contributed by atoms with Crippen molar-refractivity contribution in [2.24, 2.45) is 0 Å². The zero-order valence-electron chi connectivity index (χ0n) is 22.1. The largest absolute Gasteiger partial charge is 0.493 e. The standard InChI is InChI=1S/C30H29IN2O5S/c1-18(2)22-9-11-23(12-10-22)32-27(34)16-33-29(35)26(39-30(33)36)15-21-13-24(31)28(25(14-21)37-4)38-17-20-7-5-19(3)6-8-20/h5-15,18H,16-17H2,1-4H3,(H,32,34)/b26-15-. The molecule has 4 rings (SSSR count). The first-order chi connectivity index (χ1) is 18.6. The van der Waals surface area contributed by atoms with Gasteiger partial charge < -0.3 is 14.8 Å². The molecule has 0 spiro atoms. The molecule has 1 heterocycles. The number of methoxy groups -OCH3 is 1. The van der Waals surface area contributed by atoms with Crippen molar-refractivity contribution in [1.29, 1.82) is 0 Å². The molecule has 0 saturated carbocycles. The number of amides is 3. The molecule has 3 aromatic carbocycles. The molecular formula is C30H29IN2O5S. The summed E-state index contributed by atoms with van der Waals surface area (Å²) in [5.41, 5.74) is 4.66. The number of nitrogens with zero attached hydrogens (tertiary/aromatic N) is 1. The first kappa shape index (κ1) is 28.7. The van der Waals surface area contributed by atoms with Gasteiger partial charge in [0.15, 0.2) is 11.5 Å². The first-order valence-electron chi connectivity index (χ1n) is 12.4. The lowest BCUT2D eigenvalue weighted by molar-refractivity contribution is -0.127. The summed E-state index contributed by atoms with van der Waals surface area (Å²) in [6, 6.07) is 19.2. The van der Waals surface area contributed by atoms with Crippen molar-refractivity contribution in [2.75, 3.05) is 19.0 Å². The molecule has 0 aromatic heterocycles. The SMILES string of the molecule is COc1cc(/C=C2\SC(=O)N(CC(=O)Nc3ccc(C(C)C)cc3)C2=O)cc(I)c1OCc1ccc(C)cc1. The van der Waals surface area contributed by atoms with Gasteiger partial charge in [0.05, 0.1) is 15.6 Å². The highest BCUT2D eigenvalue weighted by molar-refractivity contribution is 14.1. The predicted octanol–water partition coefficient (Wildman–Crippen LogP) is 6.99. The summed E-state index contributed by atoms with van der Waals surface area (Å²) < 4.78 is 12.4. The first-order valence-corrected chi connectivity index (χ1v) is 14.2. The van der Waals surface area contributed by atoms with Gasteiger partial charge in [-0.05, 0) is 94.2 Å². The number of nitrogens with one attached hydrogen (secondary N) is 1. The number of hydrogen-bond acceptors (Lipinski definition) is 6. The smallest absolute Gasteiger partial charge is 0.294 e. The van der Waals surface area contributed by atoms with Crippen LogP contribution < -0.4 is 14.8 Å². The van der Waals surface area contributed by atoms with E-state index in [0.29, 0.717) is 35.3 Å². The average Bonchev–Trinajstić information content (AvgIpc) is 3.16. The van der Waals surface area contributed by atoms with Gasteiger partial charge in [-0.15, -0.1) is 0 Å². The highest BCUT2D eigenvalue weighted by Crippen LogP contribution is 2.37. The molecule has 3 amide bonds. The maximum atomic E-state index is 13.0. The Labute approximate surface area is 246 Å². The molecule has 1 aliphatic rings. The molecule has 7 nitrogen and oxygen atoms in total. The number of rotatable bonds is 9. The summed E-state index contributed by atoms with van der Waals surface area (Å²) in [6.45, 7) is 6.24. The number of carbonyl (C=O) groups is 3. The molecule has 1 fully saturated rings. The van der Waals surface area contributed by atoms with Crippen molar-refractivity contribution in [2.45, 2.75) is 33.3 Å². The lowest BCUT2D eigenvalue weighted by atomic mass is 10.0. The van der Waals surface area contributed by atoms with E-state index < -0.39 is 17.1 Å². The zero-order valence-corrected chi connectivity index (χ0v) is 25.1. The summed E-state index contributed by atoms with van der Waals surface area (Å²) in [5, 5.41) is 2.26. The maximum Gasteiger partial charge on any atom is 0.294 e. The van der Waals surface area contributed by atoms with E-state index in [4.69, 9.17) is 9.47 Å². The number of benzene rings is 3. The Morgan fingerprint density at radius 1 is 1.08 bits per heavy atom. The van der Waals surface area contributed by atoms with Crippen molar-refractivity contribution in [3.8, 4) is 11.5 Å². The van der Waals surface area contributed by atoms with Crippen LogP contribution in [0.5, 0.6) is 11.5 Å². The molecular weight excluding hydrogens is 627 g/mol. The fourth-order valence-corrected chi connectivity index (χ4v) is 5.51. The zero-order chi connectivity index (χ0) is 28.1. The Morgan fingerprint density at radius 3 is 2.41 bits per heavy atom. The van der Waals surface area contributed by atoms with Crippen molar-refractivity contribution in [3.63, 3.8) is 0 Å². The van der Waals surface area contributed by atoms with E-state index in [1.165, 1.54) is 5.56 Å². The number of thioether (sulfide) groups is 1. The Bertz CT molecular complexity index is 1420. The monoisotopic (exact) mass is 656 g/mol. The molecule has 39 heavy (non-hydrogen) atoms. The third-order valence-corrected chi connectivity index (χ3v) is 7.80. The van der Waals surface area contributed by atoms with Gasteiger partial charge in [-0.2, -0.15) is 0 Å². The molecule has 0 atom stereocenters. The third-order valence-electron chi connectivity index (χ3n) is 6.09. The summed E-state index contributed by atoms with van der Waals surface area (Å²) >= 11 is 2.96. The molecule has 0 bridgehead atoms. The Balaban J connectivity index is 1.44. The Hall–Kier alpha value is -3.31. The molecule has 9 heteroatoms. The van der Waals surface area contributed by atoms with Crippen LogP contribution >= 0.6 is 34.4 Å². The second kappa shape index (κ2) is 12.7. The van der Waals surface area contributed by atoms with Crippen LogP contribution in [0.4, 0.5) is 10.5 Å². The van der Waals surface area contributed by atoms with Crippen molar-refractivity contribution >= 4 is 63.2 Å². The fraction of sp³-hybridized carbons (Fsp3) is 0.233. The summed E-state index contributed by atoms with van der Waals surface area (Å²) in [4.78, 5) is 39.3. The van der Waals surface area contributed by atoms with E-state index in [2.05, 4.69) is 41.8 Å². The molecule has 202 valence electrons. The minimum absolute atomic E-state index is 0.236. The van der Waals surface area contributed by atoms with Crippen LogP contribution in [0.3, 0.4) is 0 Å². The lowest BCUT2D eigenvalue weighted by Gasteiger charge is -2.14. The van der Waals surface area contributed by atoms with Crippen LogP contribution in [0.2, 0.25) is 0 Å². The molecule has 1 aliphatic heterocycles. The van der Waals surface area contributed by atoms with E-state index >= 15 is 0 Å². The molecule has 3 aromatic rings. The minimum Gasteiger partial charge on any atom is -0.493 e. The predicted molar refractivity (Wildman–Crippen MR) is 163 cm³/mol. The fourth-order valence-electron chi connectivity index (χ4n) is 3.89. The number of aryl methyl sites for hydroxylation is 1. The van der Waals surface area contributed by atoms with Crippen LogP contribution in [0, 0.1) is 10.5 Å². The summed E-state index contributed by atoms with van der Waals surface area (Å²) in [5.74, 6) is 0.540. The van der Waals surface area contributed by atoms with E-state index in [1.54, 1.807) is 19.3 Å². The second-order valence-corrected chi connectivity index (χ2v) is 11.6. The average molecular weight is 657 g/mol. The van der Waals surface area contributed by atoms with E-state index in [0.717, 1.165) is 31.4 Å². The van der Waals surface area contributed by atoms with E-state index in [-0.39, 0.29) is 11.4 Å². The van der Waals surface area contributed by atoms with Crippen LogP contribution in [0.1, 0.15) is 42.0 Å². The summed E-state index contributed by atoms with van der Waals surface area (Å²) in [6.07, 6.45) is 1.63. The van der Waals surface area contributed by atoms with Gasteiger partial charge in [-0.1, -0.05) is 55.8 Å². The topological polar surface area (TPSA) is 84.9 Å². The van der Waals surface area contributed by atoms with Crippen LogP contribution in [0.15, 0.2) is 65.6 Å². The lowest BCUT2D eigenvalue weighted by Crippen LogP contribution is -2.36. The Kier molecular flexibility index (Phi) is 9.34. The number of ether oxygens (including phenoxy) is 2. The minimum atomic E-state index is -0.510. The van der Waals surface area contributed by atoms with Gasteiger partial charge in [-0.3, -0.25) is 19.3 Å². The van der Waals surface area contributed by atoms with Crippen LogP contribution in [-0.2, 0) is 16.2 Å². The van der Waals surface area contributed by atoms with E-state index in [1.807, 2.05) is 61.5 Å². The number of anilines is 1. The molecule has 0 radical (unpaired) electrons. The quantitative estimate of drug-likeness (QED) is 0.198. The highest BCUT2D eigenvalue weighted by Gasteiger charge is 2.36. The number of halogens is 1. The maximum absolute atomic E-state index is 13.0. The molecule has 0 aliphatic carbocycles. The third kappa shape index (κ3) is 7.21. The van der Waals surface area contributed by atoms with Crippen LogP contribution in [0.25, 0.3) is 6.08 Å². The van der Waals surface area contributed by atoms with Crippen molar-refractivity contribution in [3.05, 3.63) is 91.4 Å². The second-order valence-electron chi connectivity index (χ2n) is 9.40. The van der Waals surface area contributed by atoms with Gasteiger partial charge in [0.1, 0.15) is 13.2 Å². The van der Waals surface area contributed by atoms with Crippen molar-refractivity contribution in [1.82, 2.24) is 4.90 Å². The van der Waals surface area contributed by atoms with Gasteiger partial charge in [0, 0.05) is 5.69 Å². The van der Waals surface area contributed by atoms with Gasteiger partial charge >= 0.3 is 0 Å². The van der Waals surface area contributed by atoms with Crippen molar-refractivity contribution < 1.29 is 23.9 Å². The Morgan fingerprint density at radius 2 is 1.77 bits per heavy atom. The highest BCUT2D eigenvalue weighted by atomic mass is 127. The summed E-state index contributed by atoms with van der Waals surface area (Å²) in [7, 11) is 1.55. The molecule has 0 unspecified atom stereocenters. The number of hydrogen-bond donors (Lipinski definition) is 1.